The van der Waals surface area contributed by atoms with Crippen LogP contribution in [0.5, 0.6) is 0 Å². The molecule has 0 bridgehead atoms. The Labute approximate surface area is 164 Å². The normalized spacial score (nSPS) is 17.3. The van der Waals surface area contributed by atoms with E-state index in [1.54, 1.807) is 23.1 Å². The molecule has 1 aliphatic heterocycles. The van der Waals surface area contributed by atoms with Gasteiger partial charge in [0, 0.05) is 37.6 Å². The molecule has 1 atom stereocenters. The topological polar surface area (TPSA) is 87.9 Å². The molecule has 1 N–H and O–H groups in total. The van der Waals surface area contributed by atoms with Gasteiger partial charge in [-0.15, -0.1) is 0 Å². The van der Waals surface area contributed by atoms with Crippen molar-refractivity contribution in [2.45, 2.75) is 25.2 Å². The van der Waals surface area contributed by atoms with Crippen molar-refractivity contribution in [3.8, 4) is 11.5 Å². The summed E-state index contributed by atoms with van der Waals surface area (Å²) in [4.78, 5) is 26.6. The number of nitrogens with zero attached hydrogens (tertiary/aromatic N) is 7. The van der Waals surface area contributed by atoms with Crippen LogP contribution in [0.15, 0.2) is 43.4 Å². The van der Waals surface area contributed by atoms with E-state index in [-0.39, 0.29) is 5.69 Å². The molecule has 0 saturated carbocycles. The van der Waals surface area contributed by atoms with Crippen LogP contribution in [0.1, 0.15) is 36.6 Å². The van der Waals surface area contributed by atoms with Gasteiger partial charge >= 0.3 is 0 Å². The maximum atomic E-state index is 13.1. The van der Waals surface area contributed by atoms with Gasteiger partial charge in [0.15, 0.2) is 11.5 Å². The summed E-state index contributed by atoms with van der Waals surface area (Å²) in [6.07, 6.45) is 8.97. The van der Waals surface area contributed by atoms with Crippen molar-refractivity contribution in [3.63, 3.8) is 0 Å². The monoisotopic (exact) mass is 396 g/mol. The lowest BCUT2D eigenvalue weighted by molar-refractivity contribution is 0.145. The number of aromatic amines is 1. The second kappa shape index (κ2) is 7.19. The number of aromatic nitrogens is 7. The molecule has 0 aromatic carbocycles. The SMILES string of the molecule is FC(F)c1cn2c(-c3nccc(N4CCCC(c5c[nH]cn5)C4)n3)cnc2cn1. The minimum absolute atomic E-state index is 0.314. The summed E-state index contributed by atoms with van der Waals surface area (Å²) < 4.78 is 27.7. The Balaban J connectivity index is 1.47. The number of hydrogen-bond acceptors (Lipinski definition) is 6. The first kappa shape index (κ1) is 17.7. The molecule has 4 aromatic heterocycles. The lowest BCUT2D eigenvalue weighted by atomic mass is 9.95. The molecular weight excluding hydrogens is 378 g/mol. The third-order valence-corrected chi connectivity index (χ3v) is 5.19. The van der Waals surface area contributed by atoms with Crippen molar-refractivity contribution < 1.29 is 8.78 Å². The number of rotatable bonds is 4. The molecule has 29 heavy (non-hydrogen) atoms. The molecular formula is C19H18F2N8. The van der Waals surface area contributed by atoms with E-state index in [4.69, 9.17) is 4.98 Å². The molecule has 5 rings (SSSR count). The number of anilines is 1. The number of piperidine rings is 1. The molecule has 0 spiro atoms. The second-order valence-corrected chi connectivity index (χ2v) is 7.00. The molecule has 1 fully saturated rings. The summed E-state index contributed by atoms with van der Waals surface area (Å²) in [5, 5.41) is 0. The van der Waals surface area contributed by atoms with Gasteiger partial charge in [0.25, 0.3) is 6.43 Å². The summed E-state index contributed by atoms with van der Waals surface area (Å²) in [6, 6.07) is 1.87. The Morgan fingerprint density at radius 2 is 2.07 bits per heavy atom. The molecule has 0 radical (unpaired) electrons. The van der Waals surface area contributed by atoms with E-state index >= 15 is 0 Å². The van der Waals surface area contributed by atoms with Crippen molar-refractivity contribution in [1.29, 1.82) is 0 Å². The number of imidazole rings is 2. The summed E-state index contributed by atoms with van der Waals surface area (Å²) in [6.45, 7) is 1.71. The molecule has 148 valence electrons. The number of halogens is 2. The Hall–Kier alpha value is -3.43. The third kappa shape index (κ3) is 3.30. The number of fused-ring (bicyclic) bond motifs is 1. The third-order valence-electron chi connectivity index (χ3n) is 5.19. The number of nitrogens with one attached hydrogen (secondary N) is 1. The fraction of sp³-hybridized carbons (Fsp3) is 0.316. The molecule has 0 amide bonds. The van der Waals surface area contributed by atoms with Gasteiger partial charge < -0.3 is 9.88 Å². The maximum absolute atomic E-state index is 13.1. The Morgan fingerprint density at radius 3 is 2.90 bits per heavy atom. The quantitative estimate of drug-likeness (QED) is 0.570. The fourth-order valence-electron chi connectivity index (χ4n) is 3.75. The zero-order valence-corrected chi connectivity index (χ0v) is 15.4. The first-order chi connectivity index (χ1) is 14.2. The smallest absolute Gasteiger partial charge is 0.281 e. The summed E-state index contributed by atoms with van der Waals surface area (Å²) in [5.74, 6) is 1.57. The molecule has 8 nitrogen and oxygen atoms in total. The van der Waals surface area contributed by atoms with Gasteiger partial charge in [-0.3, -0.25) is 4.40 Å². The van der Waals surface area contributed by atoms with Crippen molar-refractivity contribution >= 4 is 11.5 Å². The van der Waals surface area contributed by atoms with Crippen LogP contribution in [0.4, 0.5) is 14.6 Å². The highest BCUT2D eigenvalue weighted by molar-refractivity contribution is 5.58. The lowest BCUT2D eigenvalue weighted by Gasteiger charge is -2.32. The maximum Gasteiger partial charge on any atom is 0.281 e. The molecule has 1 saturated heterocycles. The van der Waals surface area contributed by atoms with Gasteiger partial charge in [0.1, 0.15) is 17.2 Å². The molecule has 5 heterocycles. The van der Waals surface area contributed by atoms with E-state index in [0.29, 0.717) is 23.1 Å². The highest BCUT2D eigenvalue weighted by Gasteiger charge is 2.24. The summed E-state index contributed by atoms with van der Waals surface area (Å²) in [7, 11) is 0. The minimum Gasteiger partial charge on any atom is -0.356 e. The number of hydrogen-bond donors (Lipinski definition) is 1. The van der Waals surface area contributed by atoms with Crippen LogP contribution in [0.3, 0.4) is 0 Å². The van der Waals surface area contributed by atoms with Crippen LogP contribution >= 0.6 is 0 Å². The van der Waals surface area contributed by atoms with Crippen LogP contribution in [0.2, 0.25) is 0 Å². The van der Waals surface area contributed by atoms with Crippen molar-refractivity contribution in [3.05, 3.63) is 54.8 Å². The number of alkyl halides is 2. The van der Waals surface area contributed by atoms with E-state index in [1.165, 1.54) is 12.4 Å². The Bertz CT molecular complexity index is 1120. The van der Waals surface area contributed by atoms with Crippen LogP contribution in [0, 0.1) is 0 Å². The van der Waals surface area contributed by atoms with Crippen molar-refractivity contribution in [1.82, 2.24) is 34.3 Å². The zero-order valence-electron chi connectivity index (χ0n) is 15.4. The highest BCUT2D eigenvalue weighted by atomic mass is 19.3. The van der Waals surface area contributed by atoms with Crippen LogP contribution in [-0.2, 0) is 0 Å². The second-order valence-electron chi connectivity index (χ2n) is 7.00. The van der Waals surface area contributed by atoms with Gasteiger partial charge in [-0.05, 0) is 18.9 Å². The van der Waals surface area contributed by atoms with Gasteiger partial charge in [-0.2, -0.15) is 0 Å². The Kier molecular flexibility index (Phi) is 4.38. The van der Waals surface area contributed by atoms with E-state index < -0.39 is 6.43 Å². The zero-order chi connectivity index (χ0) is 19.8. The predicted molar refractivity (Wildman–Crippen MR) is 102 cm³/mol. The molecule has 10 heteroatoms. The van der Waals surface area contributed by atoms with Crippen LogP contribution in [0.25, 0.3) is 17.2 Å². The first-order valence-corrected chi connectivity index (χ1v) is 9.37. The highest BCUT2D eigenvalue weighted by Crippen LogP contribution is 2.29. The van der Waals surface area contributed by atoms with Gasteiger partial charge in [0.2, 0.25) is 0 Å². The average molecular weight is 396 g/mol. The standard InChI is InChI=1S/C19H18F2N8/c20-18(21)14-10-29-15(7-25-17(29)8-24-14)19-23-4-3-16(27-19)28-5-1-2-12(9-28)13-6-22-11-26-13/h3-4,6-8,10-12,18H,1-2,5,9H2,(H,22,26). The molecule has 1 aliphatic rings. The van der Waals surface area contributed by atoms with Crippen molar-refractivity contribution in [2.24, 2.45) is 0 Å². The van der Waals surface area contributed by atoms with E-state index in [9.17, 15) is 8.78 Å². The molecule has 1 unspecified atom stereocenters. The van der Waals surface area contributed by atoms with Gasteiger partial charge in [-0.1, -0.05) is 0 Å². The summed E-state index contributed by atoms with van der Waals surface area (Å²) >= 11 is 0. The predicted octanol–water partition coefficient (Wildman–Crippen LogP) is 3.23. The van der Waals surface area contributed by atoms with Gasteiger partial charge in [-0.25, -0.2) is 33.7 Å². The lowest BCUT2D eigenvalue weighted by Crippen LogP contribution is -2.35. The van der Waals surface area contributed by atoms with E-state index in [0.717, 1.165) is 37.4 Å². The number of H-pyrrole nitrogens is 1. The molecule has 0 aliphatic carbocycles. The van der Waals surface area contributed by atoms with Crippen molar-refractivity contribution in [2.75, 3.05) is 18.0 Å². The van der Waals surface area contributed by atoms with Crippen LogP contribution in [-0.4, -0.2) is 47.4 Å². The van der Waals surface area contributed by atoms with E-state index in [1.807, 2.05) is 12.3 Å². The van der Waals surface area contributed by atoms with Crippen LogP contribution < -0.4 is 4.90 Å². The largest absolute Gasteiger partial charge is 0.356 e. The first-order valence-electron chi connectivity index (χ1n) is 9.37. The fourth-order valence-corrected chi connectivity index (χ4v) is 3.75. The average Bonchev–Trinajstić information content (AvgIpc) is 3.43. The Morgan fingerprint density at radius 1 is 1.14 bits per heavy atom. The van der Waals surface area contributed by atoms with Gasteiger partial charge in [0.05, 0.1) is 24.4 Å². The molecule has 4 aromatic rings. The minimum atomic E-state index is -2.66. The summed E-state index contributed by atoms with van der Waals surface area (Å²) in [5.41, 5.74) is 1.76. The van der Waals surface area contributed by atoms with E-state index in [2.05, 4.69) is 29.8 Å².